The molecule has 0 spiro atoms. The monoisotopic (exact) mass is 523 g/mol. The van der Waals surface area contributed by atoms with Crippen LogP contribution in [0.25, 0.3) is 21.5 Å². The number of ether oxygens (including phenoxy) is 2. The molecular formula is C36H29NO3. The highest BCUT2D eigenvalue weighted by Crippen LogP contribution is 2.31. The molecule has 0 aromatic heterocycles. The van der Waals surface area contributed by atoms with Crippen LogP contribution in [0.3, 0.4) is 0 Å². The number of nitrogens with zero attached hydrogens (tertiary/aromatic N) is 1. The van der Waals surface area contributed by atoms with E-state index in [2.05, 4.69) is 40.7 Å². The van der Waals surface area contributed by atoms with Crippen LogP contribution in [-0.4, -0.2) is 42.4 Å². The molecule has 1 aliphatic rings. The molecule has 5 aromatic rings. The lowest BCUT2D eigenvalue weighted by molar-refractivity contribution is 0.143. The van der Waals surface area contributed by atoms with Crippen molar-refractivity contribution in [3.63, 3.8) is 0 Å². The van der Waals surface area contributed by atoms with E-state index in [0.29, 0.717) is 0 Å². The molecular weight excluding hydrogens is 494 g/mol. The minimum absolute atomic E-state index is 0.179. The normalized spacial score (nSPS) is 16.0. The van der Waals surface area contributed by atoms with Crippen molar-refractivity contribution < 1.29 is 14.6 Å². The smallest absolute Gasteiger partial charge is 0.205 e. The molecule has 2 atom stereocenters. The molecule has 0 radical (unpaired) electrons. The quantitative estimate of drug-likeness (QED) is 0.226. The Morgan fingerprint density at radius 3 is 1.73 bits per heavy atom. The van der Waals surface area contributed by atoms with E-state index in [9.17, 15) is 5.11 Å². The summed E-state index contributed by atoms with van der Waals surface area (Å²) in [7, 11) is 3.33. The average molecular weight is 524 g/mol. The third-order valence-electron chi connectivity index (χ3n) is 7.32. The van der Waals surface area contributed by atoms with E-state index in [4.69, 9.17) is 9.47 Å². The van der Waals surface area contributed by atoms with Gasteiger partial charge in [-0.3, -0.25) is 4.90 Å². The average Bonchev–Trinajstić information content (AvgIpc) is 3.78. The zero-order chi connectivity index (χ0) is 27.5. The Morgan fingerprint density at radius 2 is 1.20 bits per heavy atom. The molecule has 6 rings (SSSR count). The Morgan fingerprint density at radius 1 is 0.700 bits per heavy atom. The molecule has 5 aromatic carbocycles. The second-order valence-corrected chi connectivity index (χ2v) is 10.1. The maximum Gasteiger partial charge on any atom is 0.205 e. The van der Waals surface area contributed by atoms with E-state index < -0.39 is 5.60 Å². The highest BCUT2D eigenvalue weighted by atomic mass is 16.5. The third-order valence-corrected chi connectivity index (χ3v) is 7.32. The summed E-state index contributed by atoms with van der Waals surface area (Å²) in [5, 5.41) is 16.1. The molecule has 1 fully saturated rings. The topological polar surface area (TPSA) is 41.7 Å². The zero-order valence-corrected chi connectivity index (χ0v) is 22.5. The highest BCUT2D eigenvalue weighted by molar-refractivity contribution is 5.86. The number of benzene rings is 5. The Bertz CT molecular complexity index is 1720. The molecule has 0 bridgehead atoms. The van der Waals surface area contributed by atoms with Crippen LogP contribution in [0, 0.1) is 23.7 Å². The number of fused-ring (bicyclic) bond motifs is 2. The molecule has 196 valence electrons. The number of hydrogen-bond acceptors (Lipinski definition) is 4. The molecule has 1 N–H and O–H groups in total. The van der Waals surface area contributed by atoms with Gasteiger partial charge in [0, 0.05) is 24.2 Å². The largest absolute Gasteiger partial charge is 0.497 e. The van der Waals surface area contributed by atoms with Crippen molar-refractivity contribution in [2.24, 2.45) is 0 Å². The second kappa shape index (κ2) is 10.8. The molecule has 0 amide bonds. The molecule has 40 heavy (non-hydrogen) atoms. The summed E-state index contributed by atoms with van der Waals surface area (Å²) in [5.74, 6) is 14.4. The van der Waals surface area contributed by atoms with Gasteiger partial charge in [0.25, 0.3) is 0 Å². The maximum absolute atomic E-state index is 11.9. The van der Waals surface area contributed by atoms with Gasteiger partial charge in [-0.05, 0) is 87.5 Å². The van der Waals surface area contributed by atoms with Crippen LogP contribution in [0.5, 0.6) is 11.5 Å². The fraction of sp³-hybridized carbons (Fsp3) is 0.167. The van der Waals surface area contributed by atoms with Gasteiger partial charge < -0.3 is 14.6 Å². The van der Waals surface area contributed by atoms with Gasteiger partial charge in [-0.2, -0.15) is 0 Å². The van der Waals surface area contributed by atoms with Gasteiger partial charge in [0.15, 0.2) is 0 Å². The molecule has 1 saturated heterocycles. The lowest BCUT2D eigenvalue weighted by Gasteiger charge is -2.16. The molecule has 0 aliphatic carbocycles. The number of methoxy groups -OCH3 is 2. The van der Waals surface area contributed by atoms with Gasteiger partial charge in [-0.25, -0.2) is 0 Å². The first-order valence-electron chi connectivity index (χ1n) is 13.3. The predicted octanol–water partition coefficient (Wildman–Crippen LogP) is 6.03. The zero-order valence-electron chi connectivity index (χ0n) is 22.5. The van der Waals surface area contributed by atoms with Gasteiger partial charge in [-0.1, -0.05) is 66.4 Å². The molecule has 4 heteroatoms. The summed E-state index contributed by atoms with van der Waals surface area (Å²) < 4.78 is 10.7. The number of aliphatic hydroxyl groups is 1. The lowest BCUT2D eigenvalue weighted by Crippen LogP contribution is -2.34. The van der Waals surface area contributed by atoms with Crippen LogP contribution in [0.15, 0.2) is 103 Å². The SMILES string of the molecule is COc1ccc2cc(C#CC(O)(C#Cc3ccc4cc(OC)ccc4c3)C3CN3Cc3ccccc3)ccc2c1. The van der Waals surface area contributed by atoms with Gasteiger partial charge in [0.2, 0.25) is 5.60 Å². The molecule has 0 saturated carbocycles. The minimum Gasteiger partial charge on any atom is -0.497 e. The first-order chi connectivity index (χ1) is 19.5. The van der Waals surface area contributed by atoms with Gasteiger partial charge >= 0.3 is 0 Å². The van der Waals surface area contributed by atoms with Crippen molar-refractivity contribution in [3.05, 3.63) is 120 Å². The summed E-state index contributed by atoms with van der Waals surface area (Å²) in [6.45, 7) is 1.47. The first-order valence-corrected chi connectivity index (χ1v) is 13.3. The predicted molar refractivity (Wildman–Crippen MR) is 160 cm³/mol. The third kappa shape index (κ3) is 5.51. The van der Waals surface area contributed by atoms with E-state index >= 15 is 0 Å². The van der Waals surface area contributed by atoms with Crippen molar-refractivity contribution in [2.45, 2.75) is 18.2 Å². The molecule has 1 aliphatic heterocycles. The van der Waals surface area contributed by atoms with Crippen molar-refractivity contribution in [1.29, 1.82) is 0 Å². The summed E-state index contributed by atoms with van der Waals surface area (Å²) in [6, 6.07) is 34.0. The molecule has 2 unspecified atom stereocenters. The van der Waals surface area contributed by atoms with Crippen molar-refractivity contribution >= 4 is 21.5 Å². The maximum atomic E-state index is 11.9. The van der Waals surface area contributed by atoms with Crippen molar-refractivity contribution in [2.75, 3.05) is 20.8 Å². The fourth-order valence-electron chi connectivity index (χ4n) is 4.95. The summed E-state index contributed by atoms with van der Waals surface area (Å²) >= 11 is 0. The van der Waals surface area contributed by atoms with Gasteiger partial charge in [-0.15, -0.1) is 0 Å². The van der Waals surface area contributed by atoms with E-state index in [1.807, 2.05) is 91.0 Å². The summed E-state index contributed by atoms with van der Waals surface area (Å²) in [4.78, 5) is 2.21. The first kappa shape index (κ1) is 25.5. The lowest BCUT2D eigenvalue weighted by atomic mass is 9.98. The Kier molecular flexibility index (Phi) is 6.89. The summed E-state index contributed by atoms with van der Waals surface area (Å²) in [6.07, 6.45) is 0. The second-order valence-electron chi connectivity index (χ2n) is 10.1. The van der Waals surface area contributed by atoms with Gasteiger partial charge in [0.05, 0.1) is 20.3 Å². The highest BCUT2D eigenvalue weighted by Gasteiger charge is 2.49. The van der Waals surface area contributed by atoms with Crippen LogP contribution in [0.4, 0.5) is 0 Å². The Labute approximate surface area is 234 Å². The molecule has 1 heterocycles. The van der Waals surface area contributed by atoms with Crippen molar-refractivity contribution in [1.82, 2.24) is 4.90 Å². The van der Waals surface area contributed by atoms with Gasteiger partial charge in [0.1, 0.15) is 11.5 Å². The summed E-state index contributed by atoms with van der Waals surface area (Å²) in [5.41, 5.74) is 1.36. The van der Waals surface area contributed by atoms with Crippen LogP contribution >= 0.6 is 0 Å². The van der Waals surface area contributed by atoms with Crippen LogP contribution in [-0.2, 0) is 6.54 Å². The molecule has 4 nitrogen and oxygen atoms in total. The Hall–Kier alpha value is -4.74. The standard InChI is InChI=1S/C36H29NO3/c1-39-33-14-12-29-20-26(8-10-31(29)22-33)16-18-36(38,35-25-37(35)24-28-6-4-3-5-7-28)19-17-27-9-11-32-23-34(40-2)15-13-30(32)21-27/h3-15,20-23,35,38H,24-25H2,1-2H3. The van der Waals surface area contributed by atoms with E-state index in [1.54, 1.807) is 14.2 Å². The number of rotatable bonds is 5. The van der Waals surface area contributed by atoms with Crippen LogP contribution in [0.1, 0.15) is 16.7 Å². The van der Waals surface area contributed by atoms with Crippen molar-refractivity contribution in [3.8, 4) is 35.2 Å². The van der Waals surface area contributed by atoms with Crippen LogP contribution in [0.2, 0.25) is 0 Å². The van der Waals surface area contributed by atoms with E-state index in [0.717, 1.165) is 57.3 Å². The number of hydrogen-bond donors (Lipinski definition) is 1. The van der Waals surface area contributed by atoms with E-state index in [-0.39, 0.29) is 6.04 Å². The Balaban J connectivity index is 1.32. The fourth-order valence-corrected chi connectivity index (χ4v) is 4.95. The van der Waals surface area contributed by atoms with E-state index in [1.165, 1.54) is 5.56 Å². The van der Waals surface area contributed by atoms with Crippen LogP contribution < -0.4 is 9.47 Å². The minimum atomic E-state index is -1.49.